The van der Waals surface area contributed by atoms with Crippen LogP contribution in [0.2, 0.25) is 0 Å². The summed E-state index contributed by atoms with van der Waals surface area (Å²) in [5.41, 5.74) is -1.16. The predicted octanol–water partition coefficient (Wildman–Crippen LogP) is 0.188. The standard InChI is InChI=1S/C11H20N2O3/c1-10(2,3)16-9(14)13-6-11(15,7-13)8-4-12-5-8/h8,12,15H,4-7H2,1-3H3. The molecule has 0 radical (unpaired) electrons. The van der Waals surface area contributed by atoms with Crippen LogP contribution in [-0.4, -0.2) is 53.5 Å². The first-order chi connectivity index (χ1) is 7.30. The van der Waals surface area contributed by atoms with Crippen molar-refractivity contribution in [3.63, 3.8) is 0 Å². The van der Waals surface area contributed by atoms with Gasteiger partial charge >= 0.3 is 6.09 Å². The molecular formula is C11H20N2O3. The zero-order valence-electron chi connectivity index (χ0n) is 10.1. The number of carbonyl (C=O) groups excluding carboxylic acids is 1. The van der Waals surface area contributed by atoms with Gasteiger partial charge in [0.2, 0.25) is 0 Å². The Morgan fingerprint density at radius 2 is 2.00 bits per heavy atom. The van der Waals surface area contributed by atoms with Crippen molar-refractivity contribution in [2.24, 2.45) is 5.92 Å². The fourth-order valence-electron chi connectivity index (χ4n) is 2.00. The average Bonchev–Trinajstić information content (AvgIpc) is 1.92. The topological polar surface area (TPSA) is 61.8 Å². The minimum absolute atomic E-state index is 0.284. The molecule has 16 heavy (non-hydrogen) atoms. The van der Waals surface area contributed by atoms with E-state index in [1.807, 2.05) is 20.8 Å². The second-order valence-electron chi connectivity index (χ2n) is 5.80. The van der Waals surface area contributed by atoms with Crippen LogP contribution in [0.4, 0.5) is 4.79 Å². The molecule has 0 aromatic heterocycles. The van der Waals surface area contributed by atoms with Gasteiger partial charge in [-0.25, -0.2) is 4.79 Å². The number of nitrogens with one attached hydrogen (secondary N) is 1. The summed E-state index contributed by atoms with van der Waals surface area (Å²) < 4.78 is 5.23. The maximum Gasteiger partial charge on any atom is 0.410 e. The van der Waals surface area contributed by atoms with Gasteiger partial charge in [-0.1, -0.05) is 0 Å². The molecule has 2 fully saturated rings. The first-order valence-corrected chi connectivity index (χ1v) is 5.71. The van der Waals surface area contributed by atoms with Crippen LogP contribution in [0, 0.1) is 5.92 Å². The van der Waals surface area contributed by atoms with Crippen LogP contribution in [0.15, 0.2) is 0 Å². The number of amides is 1. The van der Waals surface area contributed by atoms with Crippen LogP contribution in [0.5, 0.6) is 0 Å². The summed E-state index contributed by atoms with van der Waals surface area (Å²) >= 11 is 0. The SMILES string of the molecule is CC(C)(C)OC(=O)N1CC(O)(C2CNC2)C1. The van der Waals surface area contributed by atoms with Crippen LogP contribution < -0.4 is 5.32 Å². The molecule has 5 heteroatoms. The molecule has 2 saturated heterocycles. The molecule has 1 amide bonds. The first kappa shape index (κ1) is 11.7. The van der Waals surface area contributed by atoms with Crippen LogP contribution in [0.3, 0.4) is 0 Å². The highest BCUT2D eigenvalue weighted by atomic mass is 16.6. The van der Waals surface area contributed by atoms with E-state index in [-0.39, 0.29) is 12.0 Å². The van der Waals surface area contributed by atoms with Gasteiger partial charge in [0.1, 0.15) is 11.2 Å². The third kappa shape index (κ3) is 2.15. The number of β-amino-alcohol motifs (C(OH)–C–C–N with tert-alkyl or cyclic N) is 1. The molecule has 2 heterocycles. The summed E-state index contributed by atoms with van der Waals surface area (Å²) in [5.74, 6) is 0.284. The van der Waals surface area contributed by atoms with Crippen molar-refractivity contribution in [1.82, 2.24) is 10.2 Å². The van der Waals surface area contributed by atoms with Gasteiger partial charge < -0.3 is 20.1 Å². The number of nitrogens with zero attached hydrogens (tertiary/aromatic N) is 1. The van der Waals surface area contributed by atoms with Gasteiger partial charge in [-0.2, -0.15) is 0 Å². The second-order valence-corrected chi connectivity index (χ2v) is 5.80. The average molecular weight is 228 g/mol. The predicted molar refractivity (Wildman–Crippen MR) is 59.1 cm³/mol. The molecule has 0 aliphatic carbocycles. The molecule has 0 aromatic rings. The number of carbonyl (C=O) groups is 1. The molecule has 0 aromatic carbocycles. The fourth-order valence-corrected chi connectivity index (χ4v) is 2.00. The number of aliphatic hydroxyl groups is 1. The molecule has 0 bridgehead atoms. The molecule has 0 atom stereocenters. The van der Waals surface area contributed by atoms with E-state index in [2.05, 4.69) is 5.32 Å². The Kier molecular flexibility index (Phi) is 2.62. The van der Waals surface area contributed by atoms with E-state index in [9.17, 15) is 9.90 Å². The number of rotatable bonds is 1. The van der Waals surface area contributed by atoms with E-state index in [0.717, 1.165) is 13.1 Å². The zero-order valence-corrected chi connectivity index (χ0v) is 10.1. The van der Waals surface area contributed by atoms with Crippen molar-refractivity contribution in [3.8, 4) is 0 Å². The quantitative estimate of drug-likeness (QED) is 0.672. The fraction of sp³-hybridized carbons (Fsp3) is 0.909. The van der Waals surface area contributed by atoms with Crippen LogP contribution >= 0.6 is 0 Å². The van der Waals surface area contributed by atoms with Gasteiger partial charge in [0.25, 0.3) is 0 Å². The Labute approximate surface area is 95.8 Å². The van der Waals surface area contributed by atoms with Crippen LogP contribution in [-0.2, 0) is 4.74 Å². The largest absolute Gasteiger partial charge is 0.444 e. The molecule has 2 aliphatic rings. The molecule has 2 N–H and O–H groups in total. The Balaban J connectivity index is 1.81. The highest BCUT2D eigenvalue weighted by Gasteiger charge is 2.51. The maximum absolute atomic E-state index is 11.6. The number of ether oxygens (including phenoxy) is 1. The third-order valence-corrected chi connectivity index (χ3v) is 3.12. The number of hydrogen-bond acceptors (Lipinski definition) is 4. The molecule has 5 nitrogen and oxygen atoms in total. The monoisotopic (exact) mass is 228 g/mol. The summed E-state index contributed by atoms with van der Waals surface area (Å²) in [6.45, 7) is 8.01. The summed E-state index contributed by atoms with van der Waals surface area (Å²) in [4.78, 5) is 13.2. The van der Waals surface area contributed by atoms with Gasteiger partial charge in [0.05, 0.1) is 13.1 Å². The van der Waals surface area contributed by atoms with Gasteiger partial charge in [-0.3, -0.25) is 0 Å². The Morgan fingerprint density at radius 3 is 2.38 bits per heavy atom. The first-order valence-electron chi connectivity index (χ1n) is 5.71. The van der Waals surface area contributed by atoms with E-state index < -0.39 is 11.2 Å². The summed E-state index contributed by atoms with van der Waals surface area (Å²) in [5, 5.41) is 13.3. The molecule has 0 unspecified atom stereocenters. The lowest BCUT2D eigenvalue weighted by Gasteiger charge is -2.53. The molecule has 2 rings (SSSR count). The van der Waals surface area contributed by atoms with Gasteiger partial charge in [0.15, 0.2) is 0 Å². The summed E-state index contributed by atoms with van der Waals surface area (Å²) in [6.07, 6.45) is -0.329. The van der Waals surface area contributed by atoms with Crippen molar-refractivity contribution in [2.45, 2.75) is 32.0 Å². The van der Waals surface area contributed by atoms with E-state index >= 15 is 0 Å². The highest BCUT2D eigenvalue weighted by molar-refractivity contribution is 5.69. The van der Waals surface area contributed by atoms with Crippen molar-refractivity contribution >= 4 is 6.09 Å². The lowest BCUT2D eigenvalue weighted by atomic mass is 9.77. The molecule has 2 aliphatic heterocycles. The Bertz CT molecular complexity index is 288. The Hall–Kier alpha value is -0.810. The summed E-state index contributed by atoms with van der Waals surface area (Å²) in [6, 6.07) is 0. The van der Waals surface area contributed by atoms with E-state index in [4.69, 9.17) is 4.74 Å². The van der Waals surface area contributed by atoms with Gasteiger partial charge in [-0.15, -0.1) is 0 Å². The molecular weight excluding hydrogens is 208 g/mol. The van der Waals surface area contributed by atoms with Crippen molar-refractivity contribution in [1.29, 1.82) is 0 Å². The minimum atomic E-state index is -0.692. The lowest BCUT2D eigenvalue weighted by Crippen LogP contribution is -2.72. The van der Waals surface area contributed by atoms with Crippen molar-refractivity contribution in [2.75, 3.05) is 26.2 Å². The van der Waals surface area contributed by atoms with Crippen LogP contribution in [0.25, 0.3) is 0 Å². The maximum atomic E-state index is 11.6. The third-order valence-electron chi connectivity index (χ3n) is 3.12. The Morgan fingerprint density at radius 1 is 1.44 bits per heavy atom. The van der Waals surface area contributed by atoms with E-state index in [1.165, 1.54) is 0 Å². The number of hydrogen-bond donors (Lipinski definition) is 2. The van der Waals surface area contributed by atoms with Gasteiger partial charge in [0, 0.05) is 19.0 Å². The van der Waals surface area contributed by atoms with E-state index in [1.54, 1.807) is 4.90 Å². The summed E-state index contributed by atoms with van der Waals surface area (Å²) in [7, 11) is 0. The molecule has 0 saturated carbocycles. The number of likely N-dealkylation sites (tertiary alicyclic amines) is 1. The highest BCUT2D eigenvalue weighted by Crippen LogP contribution is 2.32. The second kappa shape index (κ2) is 3.60. The van der Waals surface area contributed by atoms with Crippen LogP contribution in [0.1, 0.15) is 20.8 Å². The zero-order chi connectivity index (χ0) is 12.0. The molecule has 0 spiro atoms. The molecule has 92 valence electrons. The van der Waals surface area contributed by atoms with E-state index in [0.29, 0.717) is 13.1 Å². The normalized spacial score (nSPS) is 24.6. The van der Waals surface area contributed by atoms with Gasteiger partial charge in [-0.05, 0) is 20.8 Å². The smallest absolute Gasteiger partial charge is 0.410 e. The lowest BCUT2D eigenvalue weighted by molar-refractivity contribution is -0.141. The van der Waals surface area contributed by atoms with Crippen molar-refractivity contribution in [3.05, 3.63) is 0 Å². The van der Waals surface area contributed by atoms with Crippen molar-refractivity contribution < 1.29 is 14.6 Å². The minimum Gasteiger partial charge on any atom is -0.444 e.